The Morgan fingerprint density at radius 1 is 1.18 bits per heavy atom. The summed E-state index contributed by atoms with van der Waals surface area (Å²) in [6.07, 6.45) is 0. The van der Waals surface area contributed by atoms with Gasteiger partial charge < -0.3 is 15.0 Å². The lowest BCUT2D eigenvalue weighted by atomic mass is 10.2. The van der Waals surface area contributed by atoms with Crippen molar-refractivity contribution in [1.82, 2.24) is 10.2 Å². The van der Waals surface area contributed by atoms with Gasteiger partial charge in [-0.3, -0.25) is 4.84 Å². The zero-order chi connectivity index (χ0) is 20.1. The molecular formula is C18H21Cl2N3O4S. The molecule has 0 bridgehead atoms. The van der Waals surface area contributed by atoms with E-state index in [0.29, 0.717) is 21.4 Å². The maximum atomic E-state index is 12.6. The monoisotopic (exact) mass is 445 g/mol. The van der Waals surface area contributed by atoms with Gasteiger partial charge >= 0.3 is 0 Å². The van der Waals surface area contributed by atoms with Gasteiger partial charge in [0.15, 0.2) is 0 Å². The summed E-state index contributed by atoms with van der Waals surface area (Å²) in [5.41, 5.74) is 1.38. The summed E-state index contributed by atoms with van der Waals surface area (Å²) < 4.78 is 30.4. The minimum Gasteiger partial charge on any atom is -0.495 e. The number of methoxy groups -OCH3 is 1. The molecule has 0 aromatic heterocycles. The number of nitrogens with one attached hydrogen (secondary N) is 2. The third kappa shape index (κ3) is 5.08. The molecule has 1 aliphatic heterocycles. The summed E-state index contributed by atoms with van der Waals surface area (Å²) >= 11 is 12.1. The van der Waals surface area contributed by atoms with Crippen molar-refractivity contribution in [3.05, 3.63) is 52.0 Å². The molecule has 0 unspecified atom stereocenters. The Bertz CT molecular complexity index is 934. The van der Waals surface area contributed by atoms with Crippen molar-refractivity contribution in [3.63, 3.8) is 0 Å². The summed E-state index contributed by atoms with van der Waals surface area (Å²) in [6.45, 7) is 3.27. The lowest BCUT2D eigenvalue weighted by molar-refractivity contribution is 0.0780. The molecule has 28 heavy (non-hydrogen) atoms. The minimum atomic E-state index is -3.85. The second-order valence-electron chi connectivity index (χ2n) is 6.19. The van der Waals surface area contributed by atoms with E-state index in [-0.39, 0.29) is 11.5 Å². The molecule has 2 N–H and O–H groups in total. The van der Waals surface area contributed by atoms with Crippen molar-refractivity contribution in [2.24, 2.45) is 0 Å². The first-order chi connectivity index (χ1) is 13.4. The highest BCUT2D eigenvalue weighted by molar-refractivity contribution is 7.89. The Morgan fingerprint density at radius 2 is 1.93 bits per heavy atom. The second-order valence-corrected chi connectivity index (χ2v) is 8.68. The summed E-state index contributed by atoms with van der Waals surface area (Å²) in [5, 5.41) is 3.99. The highest BCUT2D eigenvalue weighted by Crippen LogP contribution is 2.32. The van der Waals surface area contributed by atoms with Crippen LogP contribution in [-0.4, -0.2) is 41.7 Å². The van der Waals surface area contributed by atoms with Gasteiger partial charge in [0.2, 0.25) is 0 Å². The molecule has 2 aromatic rings. The minimum absolute atomic E-state index is 0.0971. The fourth-order valence-electron chi connectivity index (χ4n) is 2.95. The van der Waals surface area contributed by atoms with Crippen LogP contribution in [0.5, 0.6) is 5.75 Å². The van der Waals surface area contributed by atoms with E-state index in [9.17, 15) is 8.42 Å². The molecular weight excluding hydrogens is 425 g/mol. The van der Waals surface area contributed by atoms with Crippen LogP contribution in [0.2, 0.25) is 10.0 Å². The Hall–Kier alpha value is -1.55. The Kier molecular flexibility index (Phi) is 7.03. The van der Waals surface area contributed by atoms with Crippen LogP contribution in [0.1, 0.15) is 5.56 Å². The number of hydrogen-bond donors (Lipinski definition) is 2. The van der Waals surface area contributed by atoms with Gasteiger partial charge in [0.25, 0.3) is 10.0 Å². The maximum Gasteiger partial charge on any atom is 0.262 e. The van der Waals surface area contributed by atoms with Crippen LogP contribution in [0.15, 0.2) is 41.3 Å². The molecule has 7 nitrogen and oxygen atoms in total. The molecule has 0 radical (unpaired) electrons. The van der Waals surface area contributed by atoms with Crippen molar-refractivity contribution >= 4 is 38.9 Å². The van der Waals surface area contributed by atoms with Crippen LogP contribution in [0, 0.1) is 0 Å². The first-order valence-corrected chi connectivity index (χ1v) is 10.9. The molecule has 0 spiro atoms. The fourth-order valence-corrected chi connectivity index (χ4v) is 4.41. The van der Waals surface area contributed by atoms with Gasteiger partial charge in [-0.2, -0.15) is 0 Å². The van der Waals surface area contributed by atoms with Gasteiger partial charge in [-0.15, -0.1) is 0 Å². The largest absolute Gasteiger partial charge is 0.495 e. The highest BCUT2D eigenvalue weighted by atomic mass is 35.5. The summed E-state index contributed by atoms with van der Waals surface area (Å²) in [6, 6.07) is 9.90. The van der Waals surface area contributed by atoms with Gasteiger partial charge in [0, 0.05) is 42.5 Å². The summed E-state index contributed by atoms with van der Waals surface area (Å²) in [5.74, 6) is 0.381. The van der Waals surface area contributed by atoms with E-state index < -0.39 is 10.0 Å². The van der Waals surface area contributed by atoms with Crippen molar-refractivity contribution in [1.29, 1.82) is 0 Å². The van der Waals surface area contributed by atoms with Crippen molar-refractivity contribution < 1.29 is 18.0 Å². The van der Waals surface area contributed by atoms with E-state index in [0.717, 1.165) is 31.9 Å². The first-order valence-electron chi connectivity index (χ1n) is 8.62. The van der Waals surface area contributed by atoms with E-state index >= 15 is 0 Å². The molecule has 1 saturated heterocycles. The zero-order valence-corrected chi connectivity index (χ0v) is 17.6. The number of ether oxygens (including phenoxy) is 1. The van der Waals surface area contributed by atoms with Crippen molar-refractivity contribution in [2.75, 3.05) is 38.2 Å². The van der Waals surface area contributed by atoms with E-state index in [1.807, 2.05) is 6.07 Å². The molecule has 0 aliphatic carbocycles. The molecule has 0 amide bonds. The third-order valence-electron chi connectivity index (χ3n) is 4.30. The van der Waals surface area contributed by atoms with Crippen LogP contribution in [0.4, 0.5) is 5.69 Å². The van der Waals surface area contributed by atoms with Gasteiger partial charge in [0.05, 0.1) is 23.6 Å². The molecule has 152 valence electrons. The lowest BCUT2D eigenvalue weighted by Crippen LogP contribution is -2.43. The number of benzene rings is 2. The number of hydrogen-bond acceptors (Lipinski definition) is 6. The maximum absolute atomic E-state index is 12.6. The molecule has 2 aromatic carbocycles. The van der Waals surface area contributed by atoms with Gasteiger partial charge in [-0.25, -0.2) is 8.42 Å². The van der Waals surface area contributed by atoms with Crippen LogP contribution < -0.4 is 19.8 Å². The molecule has 0 saturated carbocycles. The fraction of sp³-hybridized carbons (Fsp3) is 0.333. The Morgan fingerprint density at radius 3 is 2.64 bits per heavy atom. The molecule has 1 heterocycles. The second kappa shape index (κ2) is 9.30. The SMILES string of the molecule is COc1c(Cl)cc(Cl)cc1CONS(=O)(=O)c1cccc(N2CCNCC2)c1. The van der Waals surface area contributed by atoms with Crippen LogP contribution >= 0.6 is 23.2 Å². The smallest absolute Gasteiger partial charge is 0.262 e. The molecule has 1 fully saturated rings. The van der Waals surface area contributed by atoms with Crippen LogP contribution in [-0.2, 0) is 21.5 Å². The number of halogens is 2. The Balaban J connectivity index is 1.69. The molecule has 1 aliphatic rings. The predicted molar refractivity (Wildman–Crippen MR) is 110 cm³/mol. The average molecular weight is 446 g/mol. The first kappa shape index (κ1) is 21.2. The van der Waals surface area contributed by atoms with Gasteiger partial charge in [0.1, 0.15) is 5.75 Å². The number of sulfonamides is 1. The van der Waals surface area contributed by atoms with E-state index in [2.05, 4.69) is 15.1 Å². The number of anilines is 1. The summed E-state index contributed by atoms with van der Waals surface area (Å²) in [7, 11) is -2.39. The van der Waals surface area contributed by atoms with Crippen LogP contribution in [0.25, 0.3) is 0 Å². The van der Waals surface area contributed by atoms with Gasteiger partial charge in [-0.05, 0) is 30.3 Å². The molecule has 0 atom stereocenters. The number of piperazine rings is 1. The normalized spacial score (nSPS) is 14.9. The highest BCUT2D eigenvalue weighted by Gasteiger charge is 2.18. The zero-order valence-electron chi connectivity index (χ0n) is 15.2. The van der Waals surface area contributed by atoms with E-state index in [1.54, 1.807) is 18.2 Å². The average Bonchev–Trinajstić information content (AvgIpc) is 2.68. The van der Waals surface area contributed by atoms with E-state index in [1.165, 1.54) is 19.2 Å². The lowest BCUT2D eigenvalue weighted by Gasteiger charge is -2.29. The quantitative estimate of drug-likeness (QED) is 0.637. The third-order valence-corrected chi connectivity index (χ3v) is 6.01. The number of nitrogens with zero attached hydrogens (tertiary/aromatic N) is 1. The van der Waals surface area contributed by atoms with Crippen molar-refractivity contribution in [3.8, 4) is 5.75 Å². The molecule has 10 heteroatoms. The summed E-state index contributed by atoms with van der Waals surface area (Å²) in [4.78, 5) is 9.62. The van der Waals surface area contributed by atoms with Crippen molar-refractivity contribution in [2.45, 2.75) is 11.5 Å². The number of rotatable bonds is 7. The molecule has 3 rings (SSSR count). The van der Waals surface area contributed by atoms with Gasteiger partial charge in [-0.1, -0.05) is 34.2 Å². The van der Waals surface area contributed by atoms with Crippen LogP contribution in [0.3, 0.4) is 0 Å². The van der Waals surface area contributed by atoms with E-state index in [4.69, 9.17) is 32.8 Å². The standard InChI is InChI=1S/C18H21Cl2N3O4S/c1-26-18-13(9-14(19)10-17(18)20)12-27-22-28(24,25)16-4-2-3-15(11-16)23-7-5-21-6-8-23/h2-4,9-11,21-22H,5-8,12H2,1H3. The predicted octanol–water partition coefficient (Wildman–Crippen LogP) is 2.82. The Labute approximate surface area is 174 Å². The topological polar surface area (TPSA) is 79.9 Å².